The van der Waals surface area contributed by atoms with Gasteiger partial charge in [-0.1, -0.05) is 20.3 Å². The summed E-state index contributed by atoms with van der Waals surface area (Å²) in [5, 5.41) is 20.1. The zero-order valence-electron chi connectivity index (χ0n) is 12.3. The Balaban J connectivity index is 2.18. The number of hydrogen-bond acceptors (Lipinski definition) is 3. The van der Waals surface area contributed by atoms with Gasteiger partial charge in [0.2, 0.25) is 0 Å². The van der Waals surface area contributed by atoms with Gasteiger partial charge in [0.15, 0.2) is 0 Å². The second-order valence-corrected chi connectivity index (χ2v) is 7.84. The number of aromatic carboxylic acids is 1. The van der Waals surface area contributed by atoms with Crippen molar-refractivity contribution in [1.82, 2.24) is 4.98 Å². The maximum Gasteiger partial charge on any atom is 0.338 e. The van der Waals surface area contributed by atoms with E-state index in [4.69, 9.17) is 0 Å². The van der Waals surface area contributed by atoms with Crippen LogP contribution in [0.3, 0.4) is 0 Å². The minimum absolute atomic E-state index is 0.0614. The molecule has 2 aliphatic carbocycles. The Kier molecular flexibility index (Phi) is 3.76. The van der Waals surface area contributed by atoms with Gasteiger partial charge in [-0.25, -0.2) is 4.79 Å². The lowest BCUT2D eigenvalue weighted by Gasteiger charge is -2.47. The number of carbonyl (C=O) groups is 1. The van der Waals surface area contributed by atoms with E-state index in [-0.39, 0.29) is 16.9 Å². The van der Waals surface area contributed by atoms with E-state index in [2.05, 4.69) is 27.6 Å². The summed E-state index contributed by atoms with van der Waals surface area (Å²) in [7, 11) is 0. The number of carboxylic acids is 1. The molecular weight excluding hydrogens is 381 g/mol. The molecule has 5 heteroatoms. The minimum Gasteiger partial charge on any atom is -0.478 e. The first-order valence-corrected chi connectivity index (χ1v) is 8.56. The van der Waals surface area contributed by atoms with Crippen LogP contribution in [0.2, 0.25) is 0 Å². The third kappa shape index (κ3) is 2.38. The average molecular weight is 401 g/mol. The molecule has 2 N–H and O–H groups in total. The smallest absolute Gasteiger partial charge is 0.338 e. The van der Waals surface area contributed by atoms with Crippen molar-refractivity contribution in [3.05, 3.63) is 26.1 Å². The normalized spacial score (nSPS) is 23.0. The van der Waals surface area contributed by atoms with Crippen LogP contribution in [0, 0.1) is 8.99 Å². The van der Waals surface area contributed by atoms with E-state index in [1.807, 2.05) is 13.8 Å². The Morgan fingerprint density at radius 2 is 2.10 bits per heavy atom. The van der Waals surface area contributed by atoms with Crippen molar-refractivity contribution >= 4 is 28.6 Å². The summed E-state index contributed by atoms with van der Waals surface area (Å²) in [5.41, 5.74) is 2.81. The number of aliphatic hydroxyl groups is 1. The largest absolute Gasteiger partial charge is 0.478 e. The Morgan fingerprint density at radius 1 is 1.43 bits per heavy atom. The van der Waals surface area contributed by atoms with E-state index in [1.165, 1.54) is 6.42 Å². The van der Waals surface area contributed by atoms with Gasteiger partial charge in [0.05, 0.1) is 17.4 Å². The van der Waals surface area contributed by atoms with E-state index in [1.54, 1.807) is 0 Å². The molecule has 3 rings (SSSR count). The molecule has 21 heavy (non-hydrogen) atoms. The maximum absolute atomic E-state index is 11.6. The molecule has 1 heterocycles. The fourth-order valence-electron chi connectivity index (χ4n) is 3.73. The summed E-state index contributed by atoms with van der Waals surface area (Å²) in [6, 6.07) is 0. The van der Waals surface area contributed by atoms with Crippen LogP contribution >= 0.6 is 22.6 Å². The van der Waals surface area contributed by atoms with Crippen LogP contribution in [0.1, 0.15) is 78.9 Å². The standard InChI is InChI=1S/C16H20INO3/c1-8(2)14-12(15(20)21)13(17)11-9(18-14)6-16(4-3-5-16)7-10(11)19/h8,10,19H,3-7H2,1-2H3,(H,20,21). The first-order valence-electron chi connectivity index (χ1n) is 7.48. The van der Waals surface area contributed by atoms with E-state index < -0.39 is 12.1 Å². The number of fused-ring (bicyclic) bond motifs is 1. The summed E-state index contributed by atoms with van der Waals surface area (Å²) in [6.07, 6.45) is 4.59. The summed E-state index contributed by atoms with van der Waals surface area (Å²) in [5.74, 6) is -0.888. The lowest BCUT2D eigenvalue weighted by Crippen LogP contribution is -2.38. The second kappa shape index (κ2) is 5.19. The zero-order valence-corrected chi connectivity index (χ0v) is 14.5. The topological polar surface area (TPSA) is 70.4 Å². The Hall–Kier alpha value is -0.690. The summed E-state index contributed by atoms with van der Waals surface area (Å²) in [4.78, 5) is 16.3. The van der Waals surface area contributed by atoms with Gasteiger partial charge in [0, 0.05) is 14.8 Å². The van der Waals surface area contributed by atoms with E-state index in [0.717, 1.165) is 36.9 Å². The first kappa shape index (κ1) is 15.2. The van der Waals surface area contributed by atoms with Crippen LogP contribution in [0.25, 0.3) is 0 Å². The second-order valence-electron chi connectivity index (χ2n) is 6.76. The fraction of sp³-hybridized carbons (Fsp3) is 0.625. The van der Waals surface area contributed by atoms with E-state index in [9.17, 15) is 15.0 Å². The molecule has 1 spiro atoms. The molecule has 0 amide bonds. The maximum atomic E-state index is 11.6. The molecule has 1 atom stereocenters. The molecular formula is C16H20INO3. The van der Waals surface area contributed by atoms with Crippen molar-refractivity contribution < 1.29 is 15.0 Å². The molecule has 0 aromatic carbocycles. The van der Waals surface area contributed by atoms with Gasteiger partial charge in [-0.2, -0.15) is 0 Å². The van der Waals surface area contributed by atoms with Gasteiger partial charge in [0.1, 0.15) is 0 Å². The molecule has 0 bridgehead atoms. The number of aliphatic hydroxyl groups excluding tert-OH is 1. The van der Waals surface area contributed by atoms with Crippen molar-refractivity contribution in [3.63, 3.8) is 0 Å². The predicted octanol–water partition coefficient (Wildman–Crippen LogP) is 3.66. The van der Waals surface area contributed by atoms with Gasteiger partial charge in [-0.05, 0) is 59.6 Å². The number of rotatable bonds is 2. The highest BCUT2D eigenvalue weighted by Gasteiger charge is 2.45. The molecule has 2 aliphatic rings. The van der Waals surface area contributed by atoms with Crippen molar-refractivity contribution in [3.8, 4) is 0 Å². The Bertz CT molecular complexity index is 608. The van der Waals surface area contributed by atoms with Crippen molar-refractivity contribution in [2.45, 2.75) is 58.0 Å². The Morgan fingerprint density at radius 3 is 2.57 bits per heavy atom. The molecule has 1 unspecified atom stereocenters. The van der Waals surface area contributed by atoms with E-state index >= 15 is 0 Å². The van der Waals surface area contributed by atoms with Crippen LogP contribution in [0.5, 0.6) is 0 Å². The molecule has 1 aromatic rings. The molecule has 1 fully saturated rings. The molecule has 0 radical (unpaired) electrons. The highest BCUT2D eigenvalue weighted by Crippen LogP contribution is 2.54. The Labute approximate surface area is 138 Å². The van der Waals surface area contributed by atoms with Crippen molar-refractivity contribution in [1.29, 1.82) is 0 Å². The third-order valence-electron chi connectivity index (χ3n) is 4.96. The minimum atomic E-state index is -0.950. The SMILES string of the molecule is CC(C)c1nc2c(c(I)c1C(=O)O)C(O)CC1(CCC1)C2. The molecule has 114 valence electrons. The summed E-state index contributed by atoms with van der Waals surface area (Å²) < 4.78 is 0.676. The van der Waals surface area contributed by atoms with Crippen LogP contribution < -0.4 is 0 Å². The molecule has 0 saturated heterocycles. The fourth-order valence-corrected chi connectivity index (χ4v) is 4.90. The monoisotopic (exact) mass is 401 g/mol. The van der Waals surface area contributed by atoms with Crippen LogP contribution in [-0.4, -0.2) is 21.2 Å². The van der Waals surface area contributed by atoms with E-state index in [0.29, 0.717) is 9.26 Å². The number of carboxylic acid groups (broad SMARTS) is 1. The quantitative estimate of drug-likeness (QED) is 0.743. The van der Waals surface area contributed by atoms with Crippen molar-refractivity contribution in [2.24, 2.45) is 5.41 Å². The number of aromatic nitrogens is 1. The number of hydrogen-bond donors (Lipinski definition) is 2. The van der Waals surface area contributed by atoms with Gasteiger partial charge >= 0.3 is 5.97 Å². The number of nitrogens with zero attached hydrogens (tertiary/aromatic N) is 1. The third-order valence-corrected chi connectivity index (χ3v) is 6.08. The summed E-state index contributed by atoms with van der Waals surface area (Å²) >= 11 is 2.07. The summed E-state index contributed by atoms with van der Waals surface area (Å²) in [6.45, 7) is 3.94. The number of halogens is 1. The van der Waals surface area contributed by atoms with Gasteiger partial charge < -0.3 is 10.2 Å². The number of pyridine rings is 1. The molecule has 1 aromatic heterocycles. The molecule has 0 aliphatic heterocycles. The lowest BCUT2D eigenvalue weighted by molar-refractivity contribution is 0.0237. The van der Waals surface area contributed by atoms with Gasteiger partial charge in [-0.3, -0.25) is 4.98 Å². The van der Waals surface area contributed by atoms with Crippen LogP contribution in [-0.2, 0) is 6.42 Å². The van der Waals surface area contributed by atoms with Crippen molar-refractivity contribution in [2.75, 3.05) is 0 Å². The van der Waals surface area contributed by atoms with Gasteiger partial charge in [0.25, 0.3) is 0 Å². The molecule has 1 saturated carbocycles. The molecule has 4 nitrogen and oxygen atoms in total. The zero-order chi connectivity index (χ0) is 15.4. The first-order chi connectivity index (χ1) is 9.84. The van der Waals surface area contributed by atoms with Gasteiger partial charge in [-0.15, -0.1) is 0 Å². The highest BCUT2D eigenvalue weighted by molar-refractivity contribution is 14.1. The van der Waals surface area contributed by atoms with Crippen LogP contribution in [0.15, 0.2) is 0 Å². The predicted molar refractivity (Wildman–Crippen MR) is 87.6 cm³/mol. The average Bonchev–Trinajstić information content (AvgIpc) is 2.34. The lowest BCUT2D eigenvalue weighted by atomic mass is 9.60. The van der Waals surface area contributed by atoms with Crippen LogP contribution in [0.4, 0.5) is 0 Å². The highest BCUT2D eigenvalue weighted by atomic mass is 127.